The van der Waals surface area contributed by atoms with Crippen molar-refractivity contribution in [2.75, 3.05) is 31.8 Å². The third-order valence-electron chi connectivity index (χ3n) is 9.02. The van der Waals surface area contributed by atoms with Gasteiger partial charge < -0.3 is 14.6 Å². The van der Waals surface area contributed by atoms with Crippen molar-refractivity contribution in [2.24, 2.45) is 5.41 Å². The molecule has 7 rings (SSSR count). The summed E-state index contributed by atoms with van der Waals surface area (Å²) in [5, 5.41) is 2.10. The normalized spacial score (nSPS) is 29.2. The molecule has 1 aliphatic carbocycles. The number of carbonyl (C=O) groups excluding carboxylic acids is 1. The Morgan fingerprint density at radius 1 is 1.03 bits per heavy atom. The van der Waals surface area contributed by atoms with E-state index in [0.717, 1.165) is 45.4 Å². The standard InChI is InChI=1S/C27H35N7O2/c1-33-22-15-19(8-9-20(22)24(30-33)25-28-31-32-29-25)17-4-6-18(7-5-17)21-16-27(21)10-12-34(13-11-27)26(35)23-3-2-14-36-23/h4-9,15,21,23-25,28-32H,2-3,10-14,16H2,1H3/t21-,23-,24?/m1/s1. The van der Waals surface area contributed by atoms with Gasteiger partial charge in [-0.25, -0.2) is 16.3 Å². The highest BCUT2D eigenvalue weighted by molar-refractivity contribution is 5.81. The predicted molar refractivity (Wildman–Crippen MR) is 137 cm³/mol. The number of likely N-dealkylation sites (tertiary alicyclic amines) is 1. The Kier molecular flexibility index (Phi) is 5.53. The molecule has 9 nitrogen and oxygen atoms in total. The number of piperidine rings is 1. The number of nitrogens with one attached hydrogen (secondary N) is 5. The van der Waals surface area contributed by atoms with E-state index in [9.17, 15) is 4.79 Å². The third kappa shape index (κ3) is 3.82. The van der Waals surface area contributed by atoms with E-state index >= 15 is 0 Å². The average Bonchev–Trinajstić information content (AvgIpc) is 3.41. The first-order valence-electron chi connectivity index (χ1n) is 13.3. The second kappa shape index (κ2) is 8.79. The number of rotatable bonds is 4. The SMILES string of the molecule is CN1NC(C2NNNN2)c2ccc(-c3ccc([C@H]4CC45CCN(C(=O)[C@H]4CCCO4)CC5)cc3)cc21. The van der Waals surface area contributed by atoms with E-state index in [2.05, 4.69) is 86.8 Å². The zero-order chi connectivity index (χ0) is 24.3. The summed E-state index contributed by atoms with van der Waals surface area (Å²) in [5.41, 5.74) is 22.5. The van der Waals surface area contributed by atoms with Gasteiger partial charge in [-0.15, -0.1) is 0 Å². The summed E-state index contributed by atoms with van der Waals surface area (Å²) >= 11 is 0. The van der Waals surface area contributed by atoms with Crippen LogP contribution in [0, 0.1) is 5.41 Å². The highest BCUT2D eigenvalue weighted by atomic mass is 16.5. The number of hydrogen-bond donors (Lipinski definition) is 5. The molecule has 1 unspecified atom stereocenters. The molecule has 0 radical (unpaired) electrons. The predicted octanol–water partition coefficient (Wildman–Crippen LogP) is 2.07. The quantitative estimate of drug-likeness (QED) is 0.446. The van der Waals surface area contributed by atoms with Gasteiger partial charge in [0.1, 0.15) is 12.3 Å². The first-order valence-corrected chi connectivity index (χ1v) is 13.3. The van der Waals surface area contributed by atoms with Gasteiger partial charge in [0.15, 0.2) is 0 Å². The zero-order valence-electron chi connectivity index (χ0n) is 20.7. The minimum Gasteiger partial charge on any atom is -0.368 e. The van der Waals surface area contributed by atoms with E-state index in [1.54, 1.807) is 0 Å². The molecule has 36 heavy (non-hydrogen) atoms. The number of anilines is 1. The molecular formula is C27H35N7O2. The van der Waals surface area contributed by atoms with Gasteiger partial charge in [-0.2, -0.15) is 11.1 Å². The highest BCUT2D eigenvalue weighted by Gasteiger charge is 2.55. The molecule has 3 saturated heterocycles. The number of carbonyl (C=O) groups is 1. The number of benzene rings is 2. The van der Waals surface area contributed by atoms with Crippen LogP contribution in [0.4, 0.5) is 5.69 Å². The largest absolute Gasteiger partial charge is 0.368 e. The monoisotopic (exact) mass is 489 g/mol. The maximum absolute atomic E-state index is 12.7. The fourth-order valence-corrected chi connectivity index (χ4v) is 6.74. The summed E-state index contributed by atoms with van der Waals surface area (Å²) in [6, 6.07) is 16.0. The molecule has 0 aromatic heterocycles. The minimum atomic E-state index is -0.188. The van der Waals surface area contributed by atoms with Crippen LogP contribution in [0.5, 0.6) is 0 Å². The van der Waals surface area contributed by atoms with Gasteiger partial charge in [0, 0.05) is 26.7 Å². The third-order valence-corrected chi connectivity index (χ3v) is 9.02. The zero-order valence-corrected chi connectivity index (χ0v) is 20.7. The molecule has 0 bridgehead atoms. The summed E-state index contributed by atoms with van der Waals surface area (Å²) in [4.78, 5) is 14.8. The van der Waals surface area contributed by atoms with E-state index in [1.807, 2.05) is 0 Å². The number of fused-ring (bicyclic) bond motifs is 1. The van der Waals surface area contributed by atoms with Crippen molar-refractivity contribution in [3.05, 3.63) is 53.6 Å². The topological polar surface area (TPSA) is 92.9 Å². The van der Waals surface area contributed by atoms with Gasteiger partial charge in [-0.05, 0) is 71.8 Å². The fourth-order valence-electron chi connectivity index (χ4n) is 6.74. The Morgan fingerprint density at radius 2 is 1.78 bits per heavy atom. The molecular weight excluding hydrogens is 454 g/mol. The van der Waals surface area contributed by atoms with Crippen molar-refractivity contribution < 1.29 is 9.53 Å². The minimum absolute atomic E-state index is 0.0470. The molecule has 1 amide bonds. The first kappa shape index (κ1) is 22.7. The Hall–Kier alpha value is -2.53. The lowest BCUT2D eigenvalue weighted by molar-refractivity contribution is -0.142. The molecule has 2 aromatic rings. The first-order chi connectivity index (χ1) is 17.6. The van der Waals surface area contributed by atoms with Crippen LogP contribution in [-0.4, -0.2) is 49.8 Å². The van der Waals surface area contributed by atoms with Crippen LogP contribution in [0.2, 0.25) is 0 Å². The van der Waals surface area contributed by atoms with E-state index in [4.69, 9.17) is 4.74 Å². The number of amides is 1. The van der Waals surface area contributed by atoms with E-state index in [-0.39, 0.29) is 24.2 Å². The van der Waals surface area contributed by atoms with Crippen LogP contribution in [0.1, 0.15) is 55.2 Å². The van der Waals surface area contributed by atoms with Crippen LogP contribution in [0.25, 0.3) is 11.1 Å². The molecule has 3 atom stereocenters. The van der Waals surface area contributed by atoms with Crippen molar-refractivity contribution in [3.63, 3.8) is 0 Å². The molecule has 1 spiro atoms. The van der Waals surface area contributed by atoms with Crippen molar-refractivity contribution in [3.8, 4) is 11.1 Å². The highest BCUT2D eigenvalue weighted by Crippen LogP contribution is 2.65. The van der Waals surface area contributed by atoms with Crippen LogP contribution < -0.4 is 32.4 Å². The van der Waals surface area contributed by atoms with E-state index in [1.165, 1.54) is 34.4 Å². The molecule has 9 heteroatoms. The van der Waals surface area contributed by atoms with Crippen molar-refractivity contribution in [1.82, 2.24) is 32.2 Å². The summed E-state index contributed by atoms with van der Waals surface area (Å²) in [6.07, 6.45) is 5.22. The van der Waals surface area contributed by atoms with E-state index in [0.29, 0.717) is 11.3 Å². The molecule has 4 heterocycles. The molecule has 5 N–H and O–H groups in total. The van der Waals surface area contributed by atoms with Crippen molar-refractivity contribution in [2.45, 2.75) is 56.3 Å². The molecule has 190 valence electrons. The Labute approximate surface area is 211 Å². The maximum Gasteiger partial charge on any atom is 0.251 e. The second-order valence-corrected chi connectivity index (χ2v) is 11.0. The molecule has 4 aliphatic heterocycles. The van der Waals surface area contributed by atoms with Gasteiger partial charge in [0.2, 0.25) is 0 Å². The molecule has 2 aromatic carbocycles. The Bertz CT molecular complexity index is 1140. The summed E-state index contributed by atoms with van der Waals surface area (Å²) in [7, 11) is 2.06. The van der Waals surface area contributed by atoms with Gasteiger partial charge in [-0.3, -0.25) is 4.79 Å². The molecule has 1 saturated carbocycles. The van der Waals surface area contributed by atoms with Gasteiger partial charge >= 0.3 is 0 Å². The summed E-state index contributed by atoms with van der Waals surface area (Å²) in [6.45, 7) is 2.49. The lowest BCUT2D eigenvalue weighted by Gasteiger charge is -2.34. The number of ether oxygens (including phenoxy) is 1. The lowest BCUT2D eigenvalue weighted by atomic mass is 9.88. The van der Waals surface area contributed by atoms with Gasteiger partial charge in [-0.1, -0.05) is 36.4 Å². The Balaban J connectivity index is 1.01. The molecule has 5 aliphatic rings. The summed E-state index contributed by atoms with van der Waals surface area (Å²) < 4.78 is 5.62. The average molecular weight is 490 g/mol. The number of nitrogens with zero attached hydrogens (tertiary/aromatic N) is 2. The van der Waals surface area contributed by atoms with Crippen LogP contribution >= 0.6 is 0 Å². The van der Waals surface area contributed by atoms with Crippen molar-refractivity contribution in [1.29, 1.82) is 0 Å². The Morgan fingerprint density at radius 3 is 2.50 bits per heavy atom. The van der Waals surface area contributed by atoms with Crippen LogP contribution in [-0.2, 0) is 9.53 Å². The van der Waals surface area contributed by atoms with Gasteiger partial charge in [0.05, 0.1) is 11.7 Å². The van der Waals surface area contributed by atoms with Gasteiger partial charge in [0.25, 0.3) is 5.91 Å². The summed E-state index contributed by atoms with van der Waals surface area (Å²) in [5.74, 6) is 0.839. The smallest absolute Gasteiger partial charge is 0.251 e. The number of hydrogen-bond acceptors (Lipinski definition) is 8. The lowest BCUT2D eigenvalue weighted by Crippen LogP contribution is -2.46. The second-order valence-electron chi connectivity index (χ2n) is 11.0. The fraction of sp³-hybridized carbons (Fsp3) is 0.519. The van der Waals surface area contributed by atoms with E-state index < -0.39 is 0 Å². The molecule has 4 fully saturated rings. The number of hydrazine groups is 4. The maximum atomic E-state index is 12.7. The van der Waals surface area contributed by atoms with Crippen molar-refractivity contribution >= 4 is 11.6 Å². The van der Waals surface area contributed by atoms with Crippen LogP contribution in [0.15, 0.2) is 42.5 Å². The van der Waals surface area contributed by atoms with Crippen LogP contribution in [0.3, 0.4) is 0 Å².